The molecular weight excluding hydrogens is 442 g/mol. The number of carbonyl (C=O) groups is 2. The molecule has 1 fully saturated rings. The lowest BCUT2D eigenvalue weighted by Gasteiger charge is -2.16. The van der Waals surface area contributed by atoms with E-state index in [-0.39, 0.29) is 17.0 Å². The third-order valence-electron chi connectivity index (χ3n) is 4.34. The van der Waals surface area contributed by atoms with Crippen LogP contribution in [0.1, 0.15) is 12.6 Å². The average Bonchev–Trinajstić information content (AvgIpc) is 3.22. The van der Waals surface area contributed by atoms with E-state index in [4.69, 9.17) is 21.3 Å². The van der Waals surface area contributed by atoms with Crippen LogP contribution in [0.3, 0.4) is 0 Å². The number of nitrogens with zero attached hydrogens (tertiary/aromatic N) is 4. The summed E-state index contributed by atoms with van der Waals surface area (Å²) in [4.78, 5) is 34.0. The maximum absolute atomic E-state index is 11.9. The van der Waals surface area contributed by atoms with E-state index >= 15 is 0 Å². The Bertz CT molecular complexity index is 1090. The Morgan fingerprint density at radius 3 is 2.68 bits per heavy atom. The molecule has 17 heteroatoms. The summed E-state index contributed by atoms with van der Waals surface area (Å²) in [7, 11) is -4.70. The molecule has 1 amide bonds. The first-order chi connectivity index (χ1) is 14.5. The van der Waals surface area contributed by atoms with E-state index in [1.54, 1.807) is 0 Å². The maximum Gasteiger partial charge on any atom is 0.362 e. The summed E-state index contributed by atoms with van der Waals surface area (Å²) in [6.07, 6.45) is -3.99. The molecule has 0 spiro atoms. The number of carbonyl (C=O) groups excluding carboxylic acids is 1. The number of ether oxygens (including phenoxy) is 1. The Balaban J connectivity index is 1.66. The van der Waals surface area contributed by atoms with Gasteiger partial charge in [0.05, 0.1) is 25.4 Å². The fourth-order valence-corrected chi connectivity index (χ4v) is 3.59. The van der Waals surface area contributed by atoms with E-state index in [2.05, 4.69) is 19.1 Å². The molecule has 0 aliphatic carbocycles. The fraction of sp³-hybridized carbons (Fsp3) is 0.500. The highest BCUT2D eigenvalue weighted by Gasteiger charge is 2.45. The van der Waals surface area contributed by atoms with Crippen molar-refractivity contribution in [1.29, 1.82) is 0 Å². The minimum Gasteiger partial charge on any atom is -0.481 e. The number of aliphatic hydroxyl groups excluding tert-OH is 2. The van der Waals surface area contributed by atoms with Crippen molar-refractivity contribution in [2.75, 3.05) is 12.3 Å². The number of aromatic nitrogens is 4. The Morgan fingerprint density at radius 2 is 2.00 bits per heavy atom. The van der Waals surface area contributed by atoms with Crippen molar-refractivity contribution in [1.82, 2.24) is 24.2 Å². The Hall–Kier alpha value is -2.96. The number of aliphatic carboxylic acids is 1. The molecule has 2 aromatic rings. The lowest BCUT2D eigenvalue weighted by Crippen LogP contribution is -2.45. The van der Waals surface area contributed by atoms with Gasteiger partial charge in [-0.25, -0.2) is 19.7 Å². The third-order valence-corrected chi connectivity index (χ3v) is 5.24. The molecule has 3 rings (SSSR count). The number of carboxylic acid groups (broad SMARTS) is 1. The van der Waals surface area contributed by atoms with Crippen LogP contribution in [-0.4, -0.2) is 86.1 Å². The number of hydrogen-bond donors (Lipinski definition) is 6. The lowest BCUT2D eigenvalue weighted by molar-refractivity contribution is -0.139. The second kappa shape index (κ2) is 8.65. The zero-order valence-electron chi connectivity index (χ0n) is 15.6. The quantitative estimate of drug-likeness (QED) is 0.220. The zero-order chi connectivity index (χ0) is 22.9. The van der Waals surface area contributed by atoms with Gasteiger partial charge in [0.1, 0.15) is 30.2 Å². The van der Waals surface area contributed by atoms with Crippen molar-refractivity contribution in [3.8, 4) is 0 Å². The van der Waals surface area contributed by atoms with Gasteiger partial charge >= 0.3 is 16.3 Å². The van der Waals surface area contributed by atoms with E-state index in [1.807, 2.05) is 0 Å². The summed E-state index contributed by atoms with van der Waals surface area (Å²) in [5, 5.41) is 29.1. The molecule has 0 radical (unpaired) electrons. The molecule has 0 unspecified atom stereocenters. The summed E-state index contributed by atoms with van der Waals surface area (Å²) in [5.74, 6) is -2.61. The first-order valence-electron chi connectivity index (χ1n) is 8.63. The van der Waals surface area contributed by atoms with Gasteiger partial charge in [-0.2, -0.15) is 8.42 Å². The fourth-order valence-electron chi connectivity index (χ4n) is 2.82. The number of carboxylic acids is 1. The van der Waals surface area contributed by atoms with Gasteiger partial charge in [-0.1, -0.05) is 0 Å². The molecule has 0 bridgehead atoms. The van der Waals surface area contributed by atoms with Gasteiger partial charge in [-0.3, -0.25) is 18.3 Å². The predicted octanol–water partition coefficient (Wildman–Crippen LogP) is -3.79. The Kier molecular flexibility index (Phi) is 6.34. The minimum atomic E-state index is -4.70. The normalized spacial score (nSPS) is 24.9. The molecule has 170 valence electrons. The molecule has 8 N–H and O–H groups in total. The molecule has 16 nitrogen and oxygen atoms in total. The van der Waals surface area contributed by atoms with Crippen LogP contribution in [0.15, 0.2) is 12.7 Å². The number of nitrogen functional groups attached to an aromatic ring is 1. The van der Waals surface area contributed by atoms with Gasteiger partial charge in [0.25, 0.3) is 5.91 Å². The number of aliphatic hydroxyl groups is 2. The van der Waals surface area contributed by atoms with Crippen molar-refractivity contribution in [3.05, 3.63) is 12.7 Å². The van der Waals surface area contributed by atoms with Crippen LogP contribution in [0.4, 0.5) is 5.82 Å². The van der Waals surface area contributed by atoms with Crippen molar-refractivity contribution in [3.63, 3.8) is 0 Å². The van der Waals surface area contributed by atoms with Crippen molar-refractivity contribution in [2.45, 2.75) is 37.0 Å². The van der Waals surface area contributed by atoms with Gasteiger partial charge < -0.3 is 31.5 Å². The topological polar surface area (TPSA) is 255 Å². The molecule has 0 saturated carbocycles. The summed E-state index contributed by atoms with van der Waals surface area (Å²) < 4.78 is 36.6. The van der Waals surface area contributed by atoms with Gasteiger partial charge in [0.2, 0.25) is 0 Å². The van der Waals surface area contributed by atoms with Gasteiger partial charge in [0, 0.05) is 0 Å². The van der Waals surface area contributed by atoms with Crippen molar-refractivity contribution >= 4 is 39.2 Å². The minimum absolute atomic E-state index is 0.0830. The summed E-state index contributed by atoms with van der Waals surface area (Å²) in [6, 6.07) is -1.63. The highest BCUT2D eigenvalue weighted by molar-refractivity contribution is 7.85. The summed E-state index contributed by atoms with van der Waals surface area (Å²) >= 11 is 0. The summed E-state index contributed by atoms with van der Waals surface area (Å²) in [5.41, 5.74) is 11.4. The van der Waals surface area contributed by atoms with Crippen LogP contribution >= 0.6 is 0 Å². The number of nitrogens with one attached hydrogen (secondary N) is 1. The van der Waals surface area contributed by atoms with E-state index in [9.17, 15) is 28.2 Å². The smallest absolute Gasteiger partial charge is 0.362 e. The molecule has 1 saturated heterocycles. The van der Waals surface area contributed by atoms with Crippen molar-refractivity contribution in [2.24, 2.45) is 5.73 Å². The molecule has 3 heterocycles. The second-order valence-electron chi connectivity index (χ2n) is 6.54. The second-order valence-corrected chi connectivity index (χ2v) is 7.89. The van der Waals surface area contributed by atoms with Gasteiger partial charge in [0.15, 0.2) is 17.7 Å². The number of anilines is 1. The Labute approximate surface area is 174 Å². The van der Waals surface area contributed by atoms with Gasteiger partial charge in [-0.15, -0.1) is 0 Å². The van der Waals surface area contributed by atoms with E-state index in [0.717, 1.165) is 0 Å². The van der Waals surface area contributed by atoms with Crippen molar-refractivity contribution < 1.29 is 42.2 Å². The van der Waals surface area contributed by atoms with E-state index in [1.165, 1.54) is 21.9 Å². The number of rotatable bonds is 8. The van der Waals surface area contributed by atoms with Crippen LogP contribution in [0.2, 0.25) is 0 Å². The molecule has 0 aromatic carbocycles. The number of imidazole rings is 1. The van der Waals surface area contributed by atoms with Crippen LogP contribution in [-0.2, 0) is 28.8 Å². The first-order valence-corrected chi connectivity index (χ1v) is 10.0. The monoisotopic (exact) mass is 461 g/mol. The van der Waals surface area contributed by atoms with E-state index in [0.29, 0.717) is 0 Å². The number of amides is 1. The zero-order valence-corrected chi connectivity index (χ0v) is 16.4. The SMILES string of the molecule is Nc1ncnc2c1ncn2[C@@H]1O[C@H](COS(=O)(=O)NC(=O)[C@@H](N)CC(=O)O)[C@@H](O)[C@H]1O. The van der Waals surface area contributed by atoms with Crippen LogP contribution in [0, 0.1) is 0 Å². The standard InChI is InChI=1S/C14H19N7O9S/c15-5(1-7(22)23)13(26)20-31(27,28)29-2-6-9(24)10(25)14(30-6)21-4-19-8-11(16)17-3-18-12(8)21/h3-6,9-10,14,24-25H,1-2,15H2,(H,20,26)(H,22,23)(H2,16,17,18)/t5-,6+,9+,10+,14+/m0/s1. The van der Waals surface area contributed by atoms with Crippen LogP contribution < -0.4 is 16.2 Å². The lowest BCUT2D eigenvalue weighted by atomic mass is 10.1. The number of nitrogens with two attached hydrogens (primary N) is 2. The van der Waals surface area contributed by atoms with Gasteiger partial charge in [-0.05, 0) is 0 Å². The molecule has 31 heavy (non-hydrogen) atoms. The molecular formula is C14H19N7O9S. The Morgan fingerprint density at radius 1 is 1.29 bits per heavy atom. The largest absolute Gasteiger partial charge is 0.481 e. The highest BCUT2D eigenvalue weighted by Crippen LogP contribution is 2.32. The average molecular weight is 461 g/mol. The highest BCUT2D eigenvalue weighted by atomic mass is 32.2. The number of hydrogen-bond acceptors (Lipinski definition) is 13. The molecule has 1 aliphatic heterocycles. The molecule has 5 atom stereocenters. The molecule has 1 aliphatic rings. The predicted molar refractivity (Wildman–Crippen MR) is 98.9 cm³/mol. The van der Waals surface area contributed by atoms with Crippen LogP contribution in [0.5, 0.6) is 0 Å². The van der Waals surface area contributed by atoms with Crippen LogP contribution in [0.25, 0.3) is 11.2 Å². The third kappa shape index (κ3) is 4.86. The first kappa shape index (κ1) is 22.7. The van der Waals surface area contributed by atoms with E-state index < -0.39 is 65.8 Å². The summed E-state index contributed by atoms with van der Waals surface area (Å²) in [6.45, 7) is -0.782. The maximum atomic E-state index is 11.9. The number of fused-ring (bicyclic) bond motifs is 1. The molecule has 2 aromatic heterocycles.